The van der Waals surface area contributed by atoms with Gasteiger partial charge in [-0.05, 0) is 66.4 Å². The molecule has 0 saturated carbocycles. The summed E-state index contributed by atoms with van der Waals surface area (Å²) >= 11 is 1.76. The third kappa shape index (κ3) is 4.81. The molecule has 1 N–H and O–H groups in total. The lowest BCUT2D eigenvalue weighted by Crippen LogP contribution is -2.59. The number of nitrogens with zero attached hydrogens (tertiary/aromatic N) is 4. The van der Waals surface area contributed by atoms with E-state index in [0.717, 1.165) is 31.9 Å². The van der Waals surface area contributed by atoms with Crippen LogP contribution in [0.2, 0.25) is 0 Å². The van der Waals surface area contributed by atoms with Crippen molar-refractivity contribution in [2.24, 2.45) is 0 Å². The Morgan fingerprint density at radius 3 is 2.57 bits per heavy atom. The summed E-state index contributed by atoms with van der Waals surface area (Å²) in [7, 11) is 0. The quantitative estimate of drug-likeness (QED) is 0.577. The minimum absolute atomic E-state index is 0.171. The lowest BCUT2D eigenvalue weighted by Gasteiger charge is -2.45. The summed E-state index contributed by atoms with van der Waals surface area (Å²) in [5.74, 6) is -0.0311. The van der Waals surface area contributed by atoms with Crippen molar-refractivity contribution < 1.29 is 14.7 Å². The molecule has 1 aromatic carbocycles. The van der Waals surface area contributed by atoms with Crippen molar-refractivity contribution in [3.63, 3.8) is 0 Å². The maximum atomic E-state index is 13.2. The van der Waals surface area contributed by atoms with Gasteiger partial charge in [-0.3, -0.25) is 9.69 Å². The fourth-order valence-corrected chi connectivity index (χ4v) is 6.04. The van der Waals surface area contributed by atoms with Gasteiger partial charge in [-0.2, -0.15) is 0 Å². The number of amides is 1. The number of aromatic nitrogens is 1. The molecule has 0 spiro atoms. The van der Waals surface area contributed by atoms with Crippen LogP contribution in [-0.4, -0.2) is 76.6 Å². The summed E-state index contributed by atoms with van der Waals surface area (Å²) < 4.78 is 1.30. The number of carbonyl (C=O) groups excluding carboxylic acids is 1. The Morgan fingerprint density at radius 2 is 1.91 bits per heavy atom. The molecular formula is C27H30N4O3S. The average molecular weight is 491 g/mol. The average Bonchev–Trinajstić information content (AvgIpc) is 3.35. The molecule has 3 aromatic rings. The van der Waals surface area contributed by atoms with E-state index in [9.17, 15) is 9.59 Å². The van der Waals surface area contributed by atoms with Crippen LogP contribution in [0.4, 0.5) is 5.82 Å². The number of carbonyl (C=O) groups is 2. The summed E-state index contributed by atoms with van der Waals surface area (Å²) in [5, 5.41) is 12.5. The van der Waals surface area contributed by atoms with E-state index >= 15 is 0 Å². The van der Waals surface area contributed by atoms with Crippen LogP contribution in [0.1, 0.15) is 36.2 Å². The second-order valence-corrected chi connectivity index (χ2v) is 10.4. The Morgan fingerprint density at radius 1 is 1.11 bits per heavy atom. The van der Waals surface area contributed by atoms with Gasteiger partial charge in [0.1, 0.15) is 5.82 Å². The number of carboxylic acid groups (broad SMARTS) is 1. The molecule has 0 unspecified atom stereocenters. The number of anilines is 1. The Hall–Kier alpha value is -3.23. The molecule has 0 aliphatic carbocycles. The van der Waals surface area contributed by atoms with E-state index < -0.39 is 5.97 Å². The fourth-order valence-electron chi connectivity index (χ4n) is 5.23. The summed E-state index contributed by atoms with van der Waals surface area (Å²) in [4.78, 5) is 35.1. The zero-order chi connectivity index (χ0) is 24.5. The largest absolute Gasteiger partial charge is 0.478 e. The van der Waals surface area contributed by atoms with Gasteiger partial charge >= 0.3 is 5.97 Å². The van der Waals surface area contributed by atoms with Crippen LogP contribution in [0.25, 0.3) is 15.7 Å². The predicted octanol–water partition coefficient (Wildman–Crippen LogP) is 4.21. The summed E-state index contributed by atoms with van der Waals surface area (Å²) in [6, 6.07) is 12.4. The van der Waals surface area contributed by atoms with E-state index in [1.54, 1.807) is 23.5 Å². The second-order valence-electron chi connectivity index (χ2n) is 9.44. The van der Waals surface area contributed by atoms with Gasteiger partial charge in [0.25, 0.3) is 0 Å². The first-order valence-corrected chi connectivity index (χ1v) is 12.9. The highest BCUT2D eigenvalue weighted by Crippen LogP contribution is 2.32. The number of aromatic carboxylic acids is 1. The summed E-state index contributed by atoms with van der Waals surface area (Å²) in [6.45, 7) is 7.56. The molecule has 1 saturated heterocycles. The zero-order valence-corrected chi connectivity index (χ0v) is 20.9. The molecular weight excluding hydrogens is 460 g/mol. The van der Waals surface area contributed by atoms with E-state index in [1.165, 1.54) is 27.4 Å². The highest BCUT2D eigenvalue weighted by atomic mass is 32.1. The van der Waals surface area contributed by atoms with Crippen LogP contribution in [0.15, 0.2) is 54.1 Å². The van der Waals surface area contributed by atoms with Gasteiger partial charge in [-0.25, -0.2) is 9.78 Å². The van der Waals surface area contributed by atoms with Crippen molar-refractivity contribution in [1.29, 1.82) is 0 Å². The lowest BCUT2D eigenvalue weighted by atomic mass is 9.96. The number of carboxylic acids is 1. The van der Waals surface area contributed by atoms with Crippen LogP contribution in [0.3, 0.4) is 0 Å². The number of thiophene rings is 1. The van der Waals surface area contributed by atoms with Crippen molar-refractivity contribution >= 4 is 44.7 Å². The Balaban J connectivity index is 1.20. The second kappa shape index (κ2) is 9.79. The number of rotatable bonds is 5. The molecule has 35 heavy (non-hydrogen) atoms. The van der Waals surface area contributed by atoms with Crippen molar-refractivity contribution in [3.8, 4) is 0 Å². The molecule has 2 aromatic heterocycles. The standard InChI is InChI=1S/C27H30N4O3S/c1-18-15-30(25-7-6-21(14-28-25)27(33)34)16-19(2)31(18)17-26(32)29-11-8-20(9-12-29)22-4-3-5-24-23(22)10-13-35-24/h3-8,10,13-14,18-19H,9,11-12,15-17H2,1-2H3,(H,33,34)/t18-,19+. The predicted molar refractivity (Wildman–Crippen MR) is 140 cm³/mol. The zero-order valence-electron chi connectivity index (χ0n) is 20.1. The molecule has 8 heteroatoms. The molecule has 0 bridgehead atoms. The molecule has 2 aliphatic heterocycles. The fraction of sp³-hybridized carbons (Fsp3) is 0.370. The number of hydrogen-bond donors (Lipinski definition) is 1. The first-order chi connectivity index (χ1) is 16.9. The van der Waals surface area contributed by atoms with Crippen LogP contribution in [0, 0.1) is 0 Å². The Labute approximate surface area is 209 Å². The topological polar surface area (TPSA) is 77.0 Å². The third-order valence-electron chi connectivity index (χ3n) is 7.14. The molecule has 2 aliphatic rings. The number of benzene rings is 1. The van der Waals surface area contributed by atoms with E-state index in [4.69, 9.17) is 5.11 Å². The summed E-state index contributed by atoms with van der Waals surface area (Å²) in [6.07, 6.45) is 4.49. The molecule has 1 fully saturated rings. The van der Waals surface area contributed by atoms with Gasteiger partial charge in [-0.15, -0.1) is 11.3 Å². The third-order valence-corrected chi connectivity index (χ3v) is 8.02. The highest BCUT2D eigenvalue weighted by Gasteiger charge is 2.32. The molecule has 7 nitrogen and oxygen atoms in total. The van der Waals surface area contributed by atoms with Crippen LogP contribution in [-0.2, 0) is 4.79 Å². The van der Waals surface area contributed by atoms with Crippen molar-refractivity contribution in [2.75, 3.05) is 37.6 Å². The van der Waals surface area contributed by atoms with Gasteiger partial charge in [-0.1, -0.05) is 18.2 Å². The van der Waals surface area contributed by atoms with Crippen LogP contribution < -0.4 is 4.90 Å². The smallest absolute Gasteiger partial charge is 0.337 e. The Kier molecular flexibility index (Phi) is 6.58. The van der Waals surface area contributed by atoms with E-state index in [0.29, 0.717) is 13.1 Å². The lowest BCUT2D eigenvalue weighted by molar-refractivity contribution is -0.133. The van der Waals surface area contributed by atoms with Crippen molar-refractivity contribution in [1.82, 2.24) is 14.8 Å². The van der Waals surface area contributed by atoms with Crippen LogP contribution >= 0.6 is 11.3 Å². The maximum Gasteiger partial charge on any atom is 0.337 e. The minimum atomic E-state index is -0.975. The van der Waals surface area contributed by atoms with Gasteiger partial charge in [0, 0.05) is 49.2 Å². The van der Waals surface area contributed by atoms with Gasteiger partial charge in [0.2, 0.25) is 5.91 Å². The molecule has 0 radical (unpaired) electrons. The number of fused-ring (bicyclic) bond motifs is 1. The normalized spacial score (nSPS) is 21.3. The maximum absolute atomic E-state index is 13.2. The first kappa shape index (κ1) is 23.5. The monoisotopic (exact) mass is 490 g/mol. The van der Waals surface area contributed by atoms with Gasteiger partial charge in [0.05, 0.1) is 12.1 Å². The minimum Gasteiger partial charge on any atom is -0.478 e. The first-order valence-electron chi connectivity index (χ1n) is 12.0. The van der Waals surface area contributed by atoms with E-state index in [1.807, 2.05) is 4.90 Å². The molecule has 4 heterocycles. The number of pyridine rings is 1. The summed E-state index contributed by atoms with van der Waals surface area (Å²) in [5.41, 5.74) is 2.80. The molecule has 5 rings (SSSR count). The highest BCUT2D eigenvalue weighted by molar-refractivity contribution is 7.17. The van der Waals surface area contributed by atoms with Crippen molar-refractivity contribution in [3.05, 3.63) is 65.2 Å². The van der Waals surface area contributed by atoms with E-state index in [2.05, 4.69) is 64.4 Å². The van der Waals surface area contributed by atoms with Gasteiger partial charge < -0.3 is 14.9 Å². The van der Waals surface area contributed by atoms with Crippen LogP contribution in [0.5, 0.6) is 0 Å². The van der Waals surface area contributed by atoms with Crippen molar-refractivity contribution in [2.45, 2.75) is 32.4 Å². The Bertz CT molecular complexity index is 1260. The van der Waals surface area contributed by atoms with Gasteiger partial charge in [0.15, 0.2) is 0 Å². The molecule has 182 valence electrons. The number of piperazine rings is 1. The van der Waals surface area contributed by atoms with E-state index in [-0.39, 0.29) is 23.6 Å². The molecule has 2 atom stereocenters. The SMILES string of the molecule is C[C@@H]1CN(c2ccc(C(=O)O)cn2)C[C@H](C)N1CC(=O)N1CC=C(c2cccc3sccc23)CC1. The molecule has 1 amide bonds. The number of hydrogen-bond acceptors (Lipinski definition) is 6.